The molecule has 0 saturated carbocycles. The number of oxime groups is 1. The van der Waals surface area contributed by atoms with Crippen molar-refractivity contribution < 1.29 is 27.9 Å². The molecule has 2 rings (SSSR count). The lowest BCUT2D eigenvalue weighted by Gasteiger charge is -2.13. The first kappa shape index (κ1) is 19.4. The van der Waals surface area contributed by atoms with Crippen molar-refractivity contribution in [2.45, 2.75) is 27.1 Å². The number of carbonyl (C=O) groups excluding carboxylic acids is 1. The average molecular weight is 363 g/mol. The molecule has 0 amide bonds. The van der Waals surface area contributed by atoms with Gasteiger partial charge in [-0.05, 0) is 36.6 Å². The molecular weight excluding hydrogens is 344 g/mol. The molecule has 7 heteroatoms. The van der Waals surface area contributed by atoms with Gasteiger partial charge in [-0.15, -0.1) is 0 Å². The van der Waals surface area contributed by atoms with E-state index in [0.717, 1.165) is 18.2 Å². The van der Waals surface area contributed by atoms with Crippen LogP contribution in [0.1, 0.15) is 22.3 Å². The number of hydrogen-bond acceptors (Lipinski definition) is 5. The minimum absolute atomic E-state index is 0.116. The number of carbonyl (C=O) groups is 1. The van der Waals surface area contributed by atoms with Gasteiger partial charge in [-0.1, -0.05) is 41.6 Å². The number of halogens is 2. The second kappa shape index (κ2) is 8.94. The normalized spacial score (nSPS) is 11.4. The summed E-state index contributed by atoms with van der Waals surface area (Å²) in [6.07, 6.45) is 0. The number of rotatable bonds is 7. The molecule has 0 saturated heterocycles. The molecule has 0 fully saturated rings. The fourth-order valence-corrected chi connectivity index (χ4v) is 2.28. The summed E-state index contributed by atoms with van der Waals surface area (Å²) >= 11 is 0. The fraction of sp³-hybridized carbons (Fsp3) is 0.263. The summed E-state index contributed by atoms with van der Waals surface area (Å²) in [5, 5.41) is 3.25. The fourth-order valence-electron chi connectivity index (χ4n) is 2.28. The number of aryl methyl sites for hydroxylation is 2. The van der Waals surface area contributed by atoms with Gasteiger partial charge in [-0.3, -0.25) is 0 Å². The molecule has 0 aliphatic carbocycles. The number of ether oxygens (including phenoxy) is 2. The van der Waals surface area contributed by atoms with E-state index in [2.05, 4.69) is 14.7 Å². The largest absolute Gasteiger partial charge is 0.489 e. The van der Waals surface area contributed by atoms with Crippen LogP contribution in [0.3, 0.4) is 0 Å². The molecular formula is C19H19F2NO4. The molecule has 0 unspecified atom stereocenters. The summed E-state index contributed by atoms with van der Waals surface area (Å²) in [4.78, 5) is 15.9. The minimum atomic E-state index is -3.15. The van der Waals surface area contributed by atoms with E-state index in [0.29, 0.717) is 16.9 Å². The minimum Gasteiger partial charge on any atom is -0.489 e. The first-order valence-corrected chi connectivity index (χ1v) is 7.81. The molecule has 0 N–H and O–H groups in total. The van der Waals surface area contributed by atoms with E-state index < -0.39 is 12.6 Å². The predicted octanol–water partition coefficient (Wildman–Crippen LogP) is 4.00. The Balaban J connectivity index is 2.31. The van der Waals surface area contributed by atoms with Crippen molar-refractivity contribution in [2.24, 2.45) is 5.16 Å². The van der Waals surface area contributed by atoms with Crippen LogP contribution in [0.15, 0.2) is 47.6 Å². The number of hydrogen-bond donors (Lipinski definition) is 0. The summed E-state index contributed by atoms with van der Waals surface area (Å²) in [5.74, 6) is -0.190. The first-order valence-electron chi connectivity index (χ1n) is 7.81. The van der Waals surface area contributed by atoms with Gasteiger partial charge in [-0.2, -0.15) is 8.78 Å². The first-order chi connectivity index (χ1) is 12.4. The highest BCUT2D eigenvalue weighted by molar-refractivity contribution is 6.43. The second-order valence-electron chi connectivity index (χ2n) is 5.51. The molecule has 0 heterocycles. The third-order valence-electron chi connectivity index (χ3n) is 3.60. The van der Waals surface area contributed by atoms with Gasteiger partial charge in [-0.25, -0.2) is 4.79 Å². The zero-order valence-corrected chi connectivity index (χ0v) is 14.7. The highest BCUT2D eigenvalue weighted by Crippen LogP contribution is 2.22. The number of esters is 1. The van der Waals surface area contributed by atoms with Crippen molar-refractivity contribution >= 4 is 11.7 Å². The average Bonchev–Trinajstić information content (AvgIpc) is 2.63. The van der Waals surface area contributed by atoms with Crippen LogP contribution in [0, 0.1) is 13.8 Å². The van der Waals surface area contributed by atoms with Gasteiger partial charge < -0.3 is 14.3 Å². The molecule has 0 aliphatic heterocycles. The van der Waals surface area contributed by atoms with Crippen LogP contribution >= 0.6 is 0 Å². The lowest BCUT2D eigenvalue weighted by atomic mass is 10.0. The quantitative estimate of drug-likeness (QED) is 0.424. The van der Waals surface area contributed by atoms with Gasteiger partial charge in [0.2, 0.25) is 0 Å². The van der Waals surface area contributed by atoms with Gasteiger partial charge >= 0.3 is 12.6 Å². The van der Waals surface area contributed by atoms with Crippen molar-refractivity contribution in [3.8, 4) is 5.75 Å². The molecule has 138 valence electrons. The maximum Gasteiger partial charge on any atom is 0.407 e. The molecule has 0 spiro atoms. The van der Waals surface area contributed by atoms with Crippen LogP contribution in [-0.2, 0) is 21.0 Å². The molecule has 0 aromatic heterocycles. The third-order valence-corrected chi connectivity index (χ3v) is 3.60. The maximum absolute atomic E-state index is 12.3. The summed E-state index contributed by atoms with van der Waals surface area (Å²) < 4.78 is 35.1. The van der Waals surface area contributed by atoms with E-state index in [-0.39, 0.29) is 12.3 Å². The third kappa shape index (κ3) is 5.02. The molecule has 2 aromatic carbocycles. The predicted molar refractivity (Wildman–Crippen MR) is 92.3 cm³/mol. The Hall–Kier alpha value is -2.96. The highest BCUT2D eigenvalue weighted by atomic mass is 19.3. The Morgan fingerprint density at radius 3 is 2.58 bits per heavy atom. The molecule has 0 aliphatic rings. The summed E-state index contributed by atoms with van der Waals surface area (Å²) in [6, 6.07) is 12.5. The summed E-state index contributed by atoms with van der Waals surface area (Å²) in [7, 11) is 1.13. The van der Waals surface area contributed by atoms with E-state index in [1.54, 1.807) is 24.3 Å². The van der Waals surface area contributed by atoms with Crippen LogP contribution < -0.4 is 4.74 Å². The topological polar surface area (TPSA) is 57.1 Å². The zero-order valence-electron chi connectivity index (χ0n) is 14.7. The van der Waals surface area contributed by atoms with E-state index >= 15 is 0 Å². The lowest BCUT2D eigenvalue weighted by molar-refractivity contribution is -0.136. The second-order valence-corrected chi connectivity index (χ2v) is 5.51. The van der Waals surface area contributed by atoms with Gasteiger partial charge in [0.05, 0.1) is 7.11 Å². The van der Waals surface area contributed by atoms with Crippen molar-refractivity contribution in [3.63, 3.8) is 0 Å². The Morgan fingerprint density at radius 2 is 1.88 bits per heavy atom. The van der Waals surface area contributed by atoms with E-state index in [4.69, 9.17) is 4.74 Å². The maximum atomic E-state index is 12.3. The van der Waals surface area contributed by atoms with Gasteiger partial charge in [0, 0.05) is 5.56 Å². The van der Waals surface area contributed by atoms with Gasteiger partial charge in [0.25, 0.3) is 0 Å². The smallest absolute Gasteiger partial charge is 0.407 e. The van der Waals surface area contributed by atoms with E-state index in [1.165, 1.54) is 0 Å². The van der Waals surface area contributed by atoms with Crippen molar-refractivity contribution in [1.82, 2.24) is 0 Å². The molecule has 5 nitrogen and oxygen atoms in total. The molecule has 2 aromatic rings. The monoisotopic (exact) mass is 363 g/mol. The summed E-state index contributed by atoms with van der Waals surface area (Å²) in [5.41, 5.74) is 2.52. The number of nitrogens with zero attached hydrogens (tertiary/aromatic N) is 1. The van der Waals surface area contributed by atoms with Crippen LogP contribution in [-0.4, -0.2) is 25.4 Å². The highest BCUT2D eigenvalue weighted by Gasteiger charge is 2.20. The Labute approximate surface area is 150 Å². The van der Waals surface area contributed by atoms with Gasteiger partial charge in [0.1, 0.15) is 12.4 Å². The Bertz CT molecular complexity index is 806. The standard InChI is InChI=1S/C19H19F2NO4/c1-12-8-9-13(2)16(10-12)25-11-14-6-4-5-7-15(14)17(18(23)24-3)22-26-19(20)21/h4-10,19H,11H2,1-3H3. The van der Waals surface area contributed by atoms with Crippen LogP contribution in [0.2, 0.25) is 0 Å². The molecule has 26 heavy (non-hydrogen) atoms. The Kier molecular flexibility index (Phi) is 6.66. The van der Waals surface area contributed by atoms with Crippen LogP contribution in [0.4, 0.5) is 8.78 Å². The Morgan fingerprint density at radius 1 is 1.15 bits per heavy atom. The van der Waals surface area contributed by atoms with E-state index in [1.807, 2.05) is 32.0 Å². The van der Waals surface area contributed by atoms with Gasteiger partial charge in [0.15, 0.2) is 5.71 Å². The molecule has 0 bridgehead atoms. The number of benzene rings is 2. The van der Waals surface area contributed by atoms with Crippen LogP contribution in [0.25, 0.3) is 0 Å². The number of alkyl halides is 2. The van der Waals surface area contributed by atoms with Crippen molar-refractivity contribution in [3.05, 3.63) is 64.7 Å². The summed E-state index contributed by atoms with van der Waals surface area (Å²) in [6.45, 7) is 0.834. The SMILES string of the molecule is COC(=O)C(=NOC(F)F)c1ccccc1COc1cc(C)ccc1C. The van der Waals surface area contributed by atoms with Crippen molar-refractivity contribution in [1.29, 1.82) is 0 Å². The number of methoxy groups -OCH3 is 1. The van der Waals surface area contributed by atoms with Crippen molar-refractivity contribution in [2.75, 3.05) is 7.11 Å². The lowest BCUT2D eigenvalue weighted by Crippen LogP contribution is -2.20. The van der Waals surface area contributed by atoms with Crippen LogP contribution in [0.5, 0.6) is 5.75 Å². The zero-order chi connectivity index (χ0) is 19.1. The molecule has 0 atom stereocenters. The van der Waals surface area contributed by atoms with E-state index in [9.17, 15) is 13.6 Å². The molecule has 0 radical (unpaired) electrons.